The highest BCUT2D eigenvalue weighted by Gasteiger charge is 2.26. The van der Waals surface area contributed by atoms with Crippen molar-refractivity contribution in [2.24, 2.45) is 0 Å². The van der Waals surface area contributed by atoms with Gasteiger partial charge in [0, 0.05) is 25.3 Å². The van der Waals surface area contributed by atoms with Gasteiger partial charge in [-0.3, -0.25) is 4.90 Å². The van der Waals surface area contributed by atoms with Crippen molar-refractivity contribution in [2.75, 3.05) is 13.2 Å². The first kappa shape index (κ1) is 15.4. The van der Waals surface area contributed by atoms with Gasteiger partial charge in [-0.25, -0.2) is 4.98 Å². The van der Waals surface area contributed by atoms with Gasteiger partial charge >= 0.3 is 0 Å². The standard InChI is InChI=1S/C20H23N3O/c24-13-12-22(15-17-14-21-20-10-3-4-11-23(17)20)19-9-5-7-16-6-1-2-8-18(16)19/h1-4,6,8,10-11,14,19,24H,5,7,9,12-13,15H2. The quantitative estimate of drug-likeness (QED) is 0.784. The van der Waals surface area contributed by atoms with Gasteiger partial charge in [0.15, 0.2) is 0 Å². The predicted molar refractivity (Wildman–Crippen MR) is 94.8 cm³/mol. The third-order valence-corrected chi connectivity index (χ3v) is 5.02. The molecule has 2 aromatic heterocycles. The maximum Gasteiger partial charge on any atom is 0.136 e. The van der Waals surface area contributed by atoms with Crippen LogP contribution in [0, 0.1) is 0 Å². The van der Waals surface area contributed by atoms with Crippen LogP contribution >= 0.6 is 0 Å². The second kappa shape index (κ2) is 6.75. The molecule has 4 heteroatoms. The minimum atomic E-state index is 0.176. The van der Waals surface area contributed by atoms with Crippen LogP contribution in [0.1, 0.15) is 35.7 Å². The van der Waals surface area contributed by atoms with Crippen molar-refractivity contribution in [1.82, 2.24) is 14.3 Å². The lowest BCUT2D eigenvalue weighted by Crippen LogP contribution is -2.33. The van der Waals surface area contributed by atoms with Gasteiger partial charge in [-0.15, -0.1) is 0 Å². The fourth-order valence-electron chi connectivity index (χ4n) is 3.89. The van der Waals surface area contributed by atoms with E-state index < -0.39 is 0 Å². The van der Waals surface area contributed by atoms with Crippen molar-refractivity contribution in [1.29, 1.82) is 0 Å². The van der Waals surface area contributed by atoms with Crippen LogP contribution in [0.3, 0.4) is 0 Å². The van der Waals surface area contributed by atoms with Crippen LogP contribution in [0.25, 0.3) is 5.65 Å². The fraction of sp³-hybridized carbons (Fsp3) is 0.350. The molecule has 1 aliphatic carbocycles. The Morgan fingerprint density at radius 1 is 1.17 bits per heavy atom. The molecule has 4 rings (SSSR count). The largest absolute Gasteiger partial charge is 0.395 e. The molecular formula is C20H23N3O. The highest BCUT2D eigenvalue weighted by Crippen LogP contribution is 2.34. The second-order valence-corrected chi connectivity index (χ2v) is 6.48. The number of benzene rings is 1. The maximum atomic E-state index is 9.59. The molecule has 0 saturated heterocycles. The first-order valence-electron chi connectivity index (χ1n) is 8.70. The zero-order valence-electron chi connectivity index (χ0n) is 13.8. The lowest BCUT2D eigenvalue weighted by Gasteiger charge is -2.35. The normalized spacial score (nSPS) is 17.3. The number of hydrogen-bond donors (Lipinski definition) is 1. The molecule has 0 aliphatic heterocycles. The minimum absolute atomic E-state index is 0.176. The first-order chi connectivity index (χ1) is 11.9. The summed E-state index contributed by atoms with van der Waals surface area (Å²) in [5.41, 5.74) is 5.02. The number of rotatable bonds is 5. The molecule has 0 spiro atoms. The number of nitrogens with zero attached hydrogens (tertiary/aromatic N) is 3. The van der Waals surface area contributed by atoms with Crippen molar-refractivity contribution in [2.45, 2.75) is 31.8 Å². The molecule has 2 heterocycles. The average Bonchev–Trinajstić information content (AvgIpc) is 3.04. The summed E-state index contributed by atoms with van der Waals surface area (Å²) in [5.74, 6) is 0. The molecule has 1 unspecified atom stereocenters. The Bertz CT molecular complexity index is 826. The van der Waals surface area contributed by atoms with Crippen LogP contribution in [0.15, 0.2) is 54.9 Å². The van der Waals surface area contributed by atoms with E-state index in [1.165, 1.54) is 23.2 Å². The Kier molecular flexibility index (Phi) is 4.32. The zero-order valence-corrected chi connectivity index (χ0v) is 13.8. The summed E-state index contributed by atoms with van der Waals surface area (Å²) in [5, 5.41) is 9.59. The van der Waals surface area contributed by atoms with Crippen LogP contribution in [0.2, 0.25) is 0 Å². The summed E-state index contributed by atoms with van der Waals surface area (Å²) >= 11 is 0. The Morgan fingerprint density at radius 2 is 2.04 bits per heavy atom. The maximum absolute atomic E-state index is 9.59. The molecule has 1 N–H and O–H groups in total. The summed E-state index contributed by atoms with van der Waals surface area (Å²) in [4.78, 5) is 6.89. The SMILES string of the molecule is OCCN(Cc1cnc2ccccn12)C1CCCc2ccccc21. The number of aliphatic hydroxyl groups excluding tert-OH is 1. The number of fused-ring (bicyclic) bond motifs is 2. The Labute approximate surface area is 142 Å². The van der Waals surface area contributed by atoms with Crippen molar-refractivity contribution >= 4 is 5.65 Å². The molecule has 4 nitrogen and oxygen atoms in total. The van der Waals surface area contributed by atoms with E-state index in [-0.39, 0.29) is 6.61 Å². The lowest BCUT2D eigenvalue weighted by molar-refractivity contribution is 0.129. The van der Waals surface area contributed by atoms with Crippen molar-refractivity contribution in [3.8, 4) is 0 Å². The number of aryl methyl sites for hydroxylation is 1. The summed E-state index contributed by atoms with van der Waals surface area (Å²) < 4.78 is 2.14. The number of hydrogen-bond acceptors (Lipinski definition) is 3. The summed E-state index contributed by atoms with van der Waals surface area (Å²) in [7, 11) is 0. The van der Waals surface area contributed by atoms with E-state index in [9.17, 15) is 5.11 Å². The molecule has 0 fully saturated rings. The van der Waals surface area contributed by atoms with Crippen molar-refractivity contribution < 1.29 is 5.11 Å². The van der Waals surface area contributed by atoms with E-state index >= 15 is 0 Å². The Balaban J connectivity index is 1.66. The molecule has 3 aromatic rings. The molecule has 24 heavy (non-hydrogen) atoms. The summed E-state index contributed by atoms with van der Waals surface area (Å²) in [6.07, 6.45) is 7.53. The molecule has 124 valence electrons. The van der Waals surface area contributed by atoms with Gasteiger partial charge in [0.05, 0.1) is 18.5 Å². The van der Waals surface area contributed by atoms with Gasteiger partial charge in [-0.1, -0.05) is 30.3 Å². The van der Waals surface area contributed by atoms with Crippen LogP contribution in [-0.2, 0) is 13.0 Å². The van der Waals surface area contributed by atoms with Gasteiger partial charge in [0.2, 0.25) is 0 Å². The fourth-order valence-corrected chi connectivity index (χ4v) is 3.89. The molecule has 1 atom stereocenters. The molecular weight excluding hydrogens is 298 g/mol. The zero-order chi connectivity index (χ0) is 16.4. The monoisotopic (exact) mass is 321 g/mol. The van der Waals surface area contributed by atoms with Crippen LogP contribution in [-0.4, -0.2) is 32.5 Å². The predicted octanol–water partition coefficient (Wildman–Crippen LogP) is 3.21. The van der Waals surface area contributed by atoms with E-state index in [2.05, 4.69) is 44.7 Å². The minimum Gasteiger partial charge on any atom is -0.395 e. The molecule has 0 amide bonds. The van der Waals surface area contributed by atoms with E-state index in [1.807, 2.05) is 24.4 Å². The van der Waals surface area contributed by atoms with Gasteiger partial charge in [-0.2, -0.15) is 0 Å². The smallest absolute Gasteiger partial charge is 0.136 e. The number of imidazole rings is 1. The molecule has 0 bridgehead atoms. The van der Waals surface area contributed by atoms with E-state index in [1.54, 1.807) is 0 Å². The third kappa shape index (κ3) is 2.83. The van der Waals surface area contributed by atoms with Gasteiger partial charge in [-0.05, 0) is 42.5 Å². The summed E-state index contributed by atoms with van der Waals surface area (Å²) in [6, 6.07) is 15.2. The van der Waals surface area contributed by atoms with Gasteiger partial charge in [0.25, 0.3) is 0 Å². The highest BCUT2D eigenvalue weighted by atomic mass is 16.3. The molecule has 1 aromatic carbocycles. The van der Waals surface area contributed by atoms with Crippen molar-refractivity contribution in [3.05, 3.63) is 71.7 Å². The number of pyridine rings is 1. The van der Waals surface area contributed by atoms with Crippen LogP contribution in [0.5, 0.6) is 0 Å². The highest BCUT2D eigenvalue weighted by molar-refractivity contribution is 5.40. The summed E-state index contributed by atoms with van der Waals surface area (Å²) in [6.45, 7) is 1.65. The Hall–Kier alpha value is -2.17. The average molecular weight is 321 g/mol. The lowest BCUT2D eigenvalue weighted by atomic mass is 9.86. The van der Waals surface area contributed by atoms with Gasteiger partial charge < -0.3 is 9.51 Å². The number of aliphatic hydroxyl groups is 1. The Morgan fingerprint density at radius 3 is 2.96 bits per heavy atom. The number of aromatic nitrogens is 2. The second-order valence-electron chi connectivity index (χ2n) is 6.48. The topological polar surface area (TPSA) is 40.8 Å². The molecule has 1 aliphatic rings. The van der Waals surface area contributed by atoms with E-state index in [0.29, 0.717) is 12.6 Å². The molecule has 0 radical (unpaired) electrons. The molecule has 0 saturated carbocycles. The van der Waals surface area contributed by atoms with Gasteiger partial charge in [0.1, 0.15) is 5.65 Å². The first-order valence-corrected chi connectivity index (χ1v) is 8.70. The van der Waals surface area contributed by atoms with E-state index in [4.69, 9.17) is 0 Å². The van der Waals surface area contributed by atoms with E-state index in [0.717, 1.165) is 25.0 Å². The van der Waals surface area contributed by atoms with Crippen molar-refractivity contribution in [3.63, 3.8) is 0 Å². The van der Waals surface area contributed by atoms with Crippen LogP contribution < -0.4 is 0 Å². The third-order valence-electron chi connectivity index (χ3n) is 5.02. The van der Waals surface area contributed by atoms with Crippen LogP contribution in [0.4, 0.5) is 0 Å².